The molecule has 0 aromatic heterocycles. The molecule has 30 heavy (non-hydrogen) atoms. The lowest BCUT2D eigenvalue weighted by Gasteiger charge is -2.28. The number of rotatable bonds is 8. The van der Waals surface area contributed by atoms with Gasteiger partial charge in [0.25, 0.3) is 0 Å². The highest BCUT2D eigenvalue weighted by Gasteiger charge is 2.29. The third kappa shape index (κ3) is 5.60. The Labute approximate surface area is 178 Å². The lowest BCUT2D eigenvalue weighted by Crippen LogP contribution is -2.45. The minimum absolute atomic E-state index is 0.242. The van der Waals surface area contributed by atoms with Crippen LogP contribution in [0.2, 0.25) is 0 Å². The van der Waals surface area contributed by atoms with Gasteiger partial charge in [-0.15, -0.1) is 0 Å². The Morgan fingerprint density at radius 1 is 1.10 bits per heavy atom. The Hall–Kier alpha value is -2.87. The molecule has 1 unspecified atom stereocenters. The maximum Gasteiger partial charge on any atom is 0.338 e. The van der Waals surface area contributed by atoms with Crippen molar-refractivity contribution in [3.63, 3.8) is 0 Å². The summed E-state index contributed by atoms with van der Waals surface area (Å²) >= 11 is 0. The van der Waals surface area contributed by atoms with E-state index in [1.165, 1.54) is 13.0 Å². The molecule has 0 fully saturated rings. The van der Waals surface area contributed by atoms with Gasteiger partial charge in [-0.25, -0.2) is 13.2 Å². The van der Waals surface area contributed by atoms with Crippen molar-refractivity contribution in [2.75, 3.05) is 22.5 Å². The topological polar surface area (TPSA) is 92.8 Å². The number of aryl methyl sites for hydroxylation is 2. The third-order valence-electron chi connectivity index (χ3n) is 4.69. The van der Waals surface area contributed by atoms with E-state index in [2.05, 4.69) is 5.32 Å². The zero-order chi connectivity index (χ0) is 22.5. The third-order valence-corrected chi connectivity index (χ3v) is 5.94. The Balaban J connectivity index is 2.31. The molecule has 2 rings (SSSR count). The molecule has 2 aromatic carbocycles. The van der Waals surface area contributed by atoms with Gasteiger partial charge in [0.05, 0.1) is 24.1 Å². The van der Waals surface area contributed by atoms with E-state index in [1.807, 2.05) is 19.1 Å². The number of ether oxygens (including phenoxy) is 1. The second-order valence-electron chi connectivity index (χ2n) is 6.99. The fourth-order valence-corrected chi connectivity index (χ4v) is 4.20. The number of nitrogens with one attached hydrogen (secondary N) is 1. The van der Waals surface area contributed by atoms with Crippen LogP contribution in [0.15, 0.2) is 42.5 Å². The van der Waals surface area contributed by atoms with Crippen LogP contribution in [0.4, 0.5) is 11.4 Å². The normalized spacial score (nSPS) is 12.2. The largest absolute Gasteiger partial charge is 0.462 e. The van der Waals surface area contributed by atoms with E-state index in [1.54, 1.807) is 38.1 Å². The standard InChI is InChI=1S/C22H28N2O5S/c1-6-17-9-12-19(13-10-17)24(30(5,27)28)16(4)21(25)23-20-14-18(11-8-15(20)3)22(26)29-7-2/h8-14,16H,6-7H2,1-5H3,(H,23,25). The van der Waals surface area contributed by atoms with E-state index in [0.29, 0.717) is 16.9 Å². The highest BCUT2D eigenvalue weighted by Crippen LogP contribution is 2.24. The summed E-state index contributed by atoms with van der Waals surface area (Å²) in [6, 6.07) is 10.9. The molecule has 1 atom stereocenters. The summed E-state index contributed by atoms with van der Waals surface area (Å²) in [5.41, 5.74) is 2.94. The van der Waals surface area contributed by atoms with Crippen molar-refractivity contribution in [3.05, 3.63) is 59.2 Å². The molecule has 0 aliphatic rings. The van der Waals surface area contributed by atoms with Crippen LogP contribution in [-0.2, 0) is 26.0 Å². The van der Waals surface area contributed by atoms with Gasteiger partial charge in [0.2, 0.25) is 15.9 Å². The van der Waals surface area contributed by atoms with Crippen LogP contribution in [0, 0.1) is 6.92 Å². The van der Waals surface area contributed by atoms with E-state index >= 15 is 0 Å². The SMILES string of the molecule is CCOC(=O)c1ccc(C)c(NC(=O)C(C)N(c2ccc(CC)cc2)S(C)(=O)=O)c1. The monoisotopic (exact) mass is 432 g/mol. The van der Waals surface area contributed by atoms with E-state index in [0.717, 1.165) is 28.1 Å². The van der Waals surface area contributed by atoms with E-state index in [9.17, 15) is 18.0 Å². The molecule has 1 N–H and O–H groups in total. The number of esters is 1. The van der Waals surface area contributed by atoms with Crippen LogP contribution in [0.1, 0.15) is 42.3 Å². The van der Waals surface area contributed by atoms with Crippen LogP contribution < -0.4 is 9.62 Å². The average Bonchev–Trinajstić information content (AvgIpc) is 2.69. The van der Waals surface area contributed by atoms with Crippen molar-refractivity contribution >= 4 is 33.3 Å². The molecule has 8 heteroatoms. The number of benzene rings is 2. The van der Waals surface area contributed by atoms with Crippen molar-refractivity contribution in [1.29, 1.82) is 0 Å². The molecule has 0 radical (unpaired) electrons. The van der Waals surface area contributed by atoms with Gasteiger partial charge < -0.3 is 10.1 Å². The number of anilines is 2. The van der Waals surface area contributed by atoms with Gasteiger partial charge in [-0.2, -0.15) is 0 Å². The van der Waals surface area contributed by atoms with Crippen molar-refractivity contribution in [1.82, 2.24) is 0 Å². The summed E-state index contributed by atoms with van der Waals surface area (Å²) in [6.07, 6.45) is 1.89. The van der Waals surface area contributed by atoms with E-state index in [4.69, 9.17) is 4.74 Å². The number of hydrogen-bond donors (Lipinski definition) is 1. The highest BCUT2D eigenvalue weighted by atomic mass is 32.2. The van der Waals surface area contributed by atoms with Gasteiger partial charge in [0.1, 0.15) is 6.04 Å². The first-order valence-electron chi connectivity index (χ1n) is 9.75. The number of hydrogen-bond acceptors (Lipinski definition) is 5. The molecule has 0 bridgehead atoms. The van der Waals surface area contributed by atoms with Crippen LogP contribution in [0.5, 0.6) is 0 Å². The Bertz CT molecular complexity index is 1020. The molecule has 0 aliphatic carbocycles. The molecular weight excluding hydrogens is 404 g/mol. The molecule has 1 amide bonds. The molecular formula is C22H28N2O5S. The number of amides is 1. The average molecular weight is 433 g/mol. The predicted octanol–water partition coefficient (Wildman–Crippen LogP) is 3.53. The number of sulfonamides is 1. The van der Waals surface area contributed by atoms with Crippen LogP contribution in [0.3, 0.4) is 0 Å². The molecule has 162 valence electrons. The smallest absolute Gasteiger partial charge is 0.338 e. The lowest BCUT2D eigenvalue weighted by molar-refractivity contribution is -0.116. The second-order valence-corrected chi connectivity index (χ2v) is 8.85. The maximum atomic E-state index is 12.9. The molecule has 0 saturated carbocycles. The van der Waals surface area contributed by atoms with Crippen molar-refractivity contribution in [2.24, 2.45) is 0 Å². The number of carbonyl (C=O) groups excluding carboxylic acids is 2. The molecule has 0 spiro atoms. The first kappa shape index (κ1) is 23.4. The number of carbonyl (C=O) groups is 2. The van der Waals surface area contributed by atoms with Crippen LogP contribution >= 0.6 is 0 Å². The first-order chi connectivity index (χ1) is 14.1. The predicted molar refractivity (Wildman–Crippen MR) is 118 cm³/mol. The van der Waals surface area contributed by atoms with Gasteiger partial charge >= 0.3 is 5.97 Å². The molecule has 2 aromatic rings. The summed E-state index contributed by atoms with van der Waals surface area (Å²) in [6.45, 7) is 7.27. The Morgan fingerprint density at radius 2 is 1.73 bits per heavy atom. The van der Waals surface area contributed by atoms with Crippen LogP contribution in [0.25, 0.3) is 0 Å². The van der Waals surface area contributed by atoms with Crippen molar-refractivity contribution in [3.8, 4) is 0 Å². The summed E-state index contributed by atoms with van der Waals surface area (Å²) in [4.78, 5) is 24.9. The van der Waals surface area contributed by atoms with Gasteiger partial charge in [-0.05, 0) is 62.6 Å². The van der Waals surface area contributed by atoms with E-state index < -0.39 is 27.9 Å². The minimum Gasteiger partial charge on any atom is -0.462 e. The zero-order valence-electron chi connectivity index (χ0n) is 17.9. The molecule has 0 aliphatic heterocycles. The molecule has 0 heterocycles. The van der Waals surface area contributed by atoms with Crippen LogP contribution in [-0.4, -0.2) is 39.2 Å². The summed E-state index contributed by atoms with van der Waals surface area (Å²) in [5, 5.41) is 2.74. The fraction of sp³-hybridized carbons (Fsp3) is 0.364. The van der Waals surface area contributed by atoms with Gasteiger partial charge in [0.15, 0.2) is 0 Å². The minimum atomic E-state index is -3.71. The summed E-state index contributed by atoms with van der Waals surface area (Å²) in [7, 11) is -3.71. The Kier molecular flexibility index (Phi) is 7.61. The first-order valence-corrected chi connectivity index (χ1v) is 11.6. The van der Waals surface area contributed by atoms with Gasteiger partial charge in [0, 0.05) is 5.69 Å². The van der Waals surface area contributed by atoms with Gasteiger partial charge in [-0.3, -0.25) is 9.10 Å². The summed E-state index contributed by atoms with van der Waals surface area (Å²) in [5.74, 6) is -1.00. The quantitative estimate of drug-likeness (QED) is 0.644. The highest BCUT2D eigenvalue weighted by molar-refractivity contribution is 7.92. The van der Waals surface area contributed by atoms with Gasteiger partial charge in [-0.1, -0.05) is 25.1 Å². The molecule has 7 nitrogen and oxygen atoms in total. The fourth-order valence-electron chi connectivity index (χ4n) is 3.02. The Morgan fingerprint density at radius 3 is 2.27 bits per heavy atom. The summed E-state index contributed by atoms with van der Waals surface area (Å²) < 4.78 is 31.0. The van der Waals surface area contributed by atoms with Crippen molar-refractivity contribution in [2.45, 2.75) is 40.2 Å². The second kappa shape index (κ2) is 9.75. The zero-order valence-corrected chi connectivity index (χ0v) is 18.7. The number of nitrogens with zero attached hydrogens (tertiary/aromatic N) is 1. The molecule has 0 saturated heterocycles. The maximum absolute atomic E-state index is 12.9. The van der Waals surface area contributed by atoms with E-state index in [-0.39, 0.29) is 6.61 Å². The lowest BCUT2D eigenvalue weighted by atomic mass is 10.1. The van der Waals surface area contributed by atoms with Crippen molar-refractivity contribution < 1.29 is 22.7 Å².